The van der Waals surface area contributed by atoms with Gasteiger partial charge in [0.05, 0.1) is 0 Å². The molecule has 0 atom stereocenters. The predicted molar refractivity (Wildman–Crippen MR) is 115 cm³/mol. The van der Waals surface area contributed by atoms with Gasteiger partial charge in [-0.25, -0.2) is 0 Å². The van der Waals surface area contributed by atoms with Crippen LogP contribution in [-0.2, 0) is 17.8 Å². The Bertz CT molecular complexity index is 689. The van der Waals surface area contributed by atoms with E-state index in [0.717, 1.165) is 30.2 Å². The van der Waals surface area contributed by atoms with E-state index in [9.17, 15) is 4.79 Å². The van der Waals surface area contributed by atoms with E-state index in [4.69, 9.17) is 0 Å². The Balaban J connectivity index is 0.00000312. The Labute approximate surface area is 166 Å². The summed E-state index contributed by atoms with van der Waals surface area (Å²) in [6.07, 6.45) is 0.944. The van der Waals surface area contributed by atoms with Crippen LogP contribution in [0.3, 0.4) is 0 Å². The molecule has 0 fully saturated rings. The van der Waals surface area contributed by atoms with E-state index in [1.54, 1.807) is 7.05 Å². The van der Waals surface area contributed by atoms with Gasteiger partial charge in [-0.2, -0.15) is 0 Å². The summed E-state index contributed by atoms with van der Waals surface area (Å²) in [6, 6.07) is 18.1. The topological polar surface area (TPSA) is 65.5 Å². The highest BCUT2D eigenvalue weighted by atomic mass is 127. The Kier molecular flexibility index (Phi) is 9.61. The summed E-state index contributed by atoms with van der Waals surface area (Å²) in [5.41, 5.74) is 3.17. The van der Waals surface area contributed by atoms with Crippen LogP contribution in [0.15, 0.2) is 59.6 Å². The first-order valence-electron chi connectivity index (χ1n) is 8.02. The molecule has 2 rings (SSSR count). The molecular formula is C19H25IN4O. The molecule has 0 aliphatic carbocycles. The second-order valence-electron chi connectivity index (χ2n) is 5.47. The number of benzene rings is 2. The molecule has 5 nitrogen and oxygen atoms in total. The van der Waals surface area contributed by atoms with Crippen LogP contribution in [0, 0.1) is 0 Å². The Hall–Kier alpha value is -2.09. The number of carbonyl (C=O) groups excluding carboxylic acids is 1. The summed E-state index contributed by atoms with van der Waals surface area (Å²) in [4.78, 5) is 15.3. The standard InChI is InChI=1S/C19H24N4O.HI/c1-15(24)23-18-10-6-9-17(13-18)14-22-19(20-2)21-12-11-16-7-4-3-5-8-16;/h3-10,13H,11-12,14H2,1-2H3,(H,23,24)(H2,20,21,22);1H. The van der Waals surface area contributed by atoms with E-state index >= 15 is 0 Å². The maximum Gasteiger partial charge on any atom is 0.221 e. The Morgan fingerprint density at radius 2 is 1.72 bits per heavy atom. The first kappa shape index (κ1) is 21.0. The number of nitrogens with zero attached hydrogens (tertiary/aromatic N) is 1. The molecule has 0 bridgehead atoms. The highest BCUT2D eigenvalue weighted by molar-refractivity contribution is 14.0. The van der Waals surface area contributed by atoms with E-state index in [1.807, 2.05) is 42.5 Å². The first-order valence-corrected chi connectivity index (χ1v) is 8.02. The number of rotatable bonds is 6. The quantitative estimate of drug-likeness (QED) is 0.359. The van der Waals surface area contributed by atoms with Gasteiger partial charge < -0.3 is 16.0 Å². The zero-order valence-electron chi connectivity index (χ0n) is 14.6. The van der Waals surface area contributed by atoms with E-state index in [1.165, 1.54) is 12.5 Å². The van der Waals surface area contributed by atoms with Crippen LogP contribution in [0.5, 0.6) is 0 Å². The molecule has 25 heavy (non-hydrogen) atoms. The minimum absolute atomic E-state index is 0. The smallest absolute Gasteiger partial charge is 0.221 e. The lowest BCUT2D eigenvalue weighted by atomic mass is 10.1. The molecule has 2 aromatic rings. The second-order valence-corrected chi connectivity index (χ2v) is 5.47. The van der Waals surface area contributed by atoms with E-state index < -0.39 is 0 Å². The third-order valence-corrected chi connectivity index (χ3v) is 3.48. The van der Waals surface area contributed by atoms with E-state index in [2.05, 4.69) is 33.1 Å². The average molecular weight is 452 g/mol. The lowest BCUT2D eigenvalue weighted by Gasteiger charge is -2.12. The molecule has 0 saturated carbocycles. The molecule has 0 saturated heterocycles. The van der Waals surface area contributed by atoms with Crippen LogP contribution in [0.2, 0.25) is 0 Å². The minimum Gasteiger partial charge on any atom is -0.356 e. The first-order chi connectivity index (χ1) is 11.7. The fourth-order valence-electron chi connectivity index (χ4n) is 2.34. The van der Waals surface area contributed by atoms with Crippen molar-refractivity contribution in [3.8, 4) is 0 Å². The Morgan fingerprint density at radius 1 is 1.00 bits per heavy atom. The van der Waals surface area contributed by atoms with Gasteiger partial charge in [0, 0.05) is 32.7 Å². The number of carbonyl (C=O) groups is 1. The number of hydrogen-bond donors (Lipinski definition) is 3. The molecule has 0 spiro atoms. The maximum atomic E-state index is 11.1. The molecule has 134 valence electrons. The summed E-state index contributed by atoms with van der Waals surface area (Å²) in [6.45, 7) is 2.96. The van der Waals surface area contributed by atoms with Gasteiger partial charge in [-0.3, -0.25) is 9.79 Å². The fourth-order valence-corrected chi connectivity index (χ4v) is 2.34. The van der Waals surface area contributed by atoms with Crippen molar-refractivity contribution in [2.75, 3.05) is 18.9 Å². The average Bonchev–Trinajstić information content (AvgIpc) is 2.58. The molecule has 0 heterocycles. The molecule has 0 unspecified atom stereocenters. The number of anilines is 1. The summed E-state index contributed by atoms with van der Waals surface area (Å²) in [5.74, 6) is 0.689. The molecule has 0 aliphatic rings. The van der Waals surface area contributed by atoms with Crippen LogP contribution >= 0.6 is 24.0 Å². The zero-order valence-corrected chi connectivity index (χ0v) is 16.9. The van der Waals surface area contributed by atoms with Gasteiger partial charge in [-0.15, -0.1) is 24.0 Å². The van der Waals surface area contributed by atoms with Crippen LogP contribution in [0.1, 0.15) is 18.1 Å². The molecule has 2 aromatic carbocycles. The van der Waals surface area contributed by atoms with Crippen molar-refractivity contribution >= 4 is 41.5 Å². The summed E-state index contributed by atoms with van der Waals surface area (Å²) < 4.78 is 0. The van der Waals surface area contributed by atoms with Crippen molar-refractivity contribution in [3.63, 3.8) is 0 Å². The monoisotopic (exact) mass is 452 g/mol. The highest BCUT2D eigenvalue weighted by Crippen LogP contribution is 2.10. The molecular weight excluding hydrogens is 427 g/mol. The van der Waals surface area contributed by atoms with E-state index in [-0.39, 0.29) is 29.9 Å². The minimum atomic E-state index is -0.0708. The largest absolute Gasteiger partial charge is 0.356 e. The SMILES string of the molecule is CN=C(NCCc1ccccc1)NCc1cccc(NC(C)=O)c1.I. The number of guanidine groups is 1. The maximum absolute atomic E-state index is 11.1. The summed E-state index contributed by atoms with van der Waals surface area (Å²) in [7, 11) is 1.76. The van der Waals surface area contributed by atoms with Crippen molar-refractivity contribution in [3.05, 3.63) is 65.7 Å². The number of nitrogens with one attached hydrogen (secondary N) is 3. The molecule has 0 radical (unpaired) electrons. The van der Waals surface area contributed by atoms with Gasteiger partial charge >= 0.3 is 0 Å². The molecule has 0 aliphatic heterocycles. The second kappa shape index (κ2) is 11.5. The Morgan fingerprint density at radius 3 is 2.40 bits per heavy atom. The van der Waals surface area contributed by atoms with Crippen LogP contribution < -0.4 is 16.0 Å². The molecule has 3 N–H and O–H groups in total. The van der Waals surface area contributed by atoms with Gasteiger partial charge in [-0.1, -0.05) is 42.5 Å². The van der Waals surface area contributed by atoms with E-state index in [0.29, 0.717) is 6.54 Å². The molecule has 0 aromatic heterocycles. The van der Waals surface area contributed by atoms with Gasteiger partial charge in [0.1, 0.15) is 0 Å². The number of aliphatic imine (C=N–C) groups is 1. The fraction of sp³-hybridized carbons (Fsp3) is 0.263. The number of hydrogen-bond acceptors (Lipinski definition) is 2. The summed E-state index contributed by atoms with van der Waals surface area (Å²) >= 11 is 0. The normalized spacial score (nSPS) is 10.6. The van der Waals surface area contributed by atoms with Crippen LogP contribution in [-0.4, -0.2) is 25.5 Å². The lowest BCUT2D eigenvalue weighted by molar-refractivity contribution is -0.114. The predicted octanol–water partition coefficient (Wildman–Crippen LogP) is 3.17. The summed E-state index contributed by atoms with van der Waals surface area (Å²) in [5, 5.41) is 9.37. The highest BCUT2D eigenvalue weighted by Gasteiger charge is 2.01. The van der Waals surface area contributed by atoms with Crippen molar-refractivity contribution in [1.29, 1.82) is 0 Å². The number of halogens is 1. The van der Waals surface area contributed by atoms with Crippen LogP contribution in [0.4, 0.5) is 5.69 Å². The van der Waals surface area contributed by atoms with Crippen molar-refractivity contribution in [2.45, 2.75) is 19.9 Å². The van der Waals surface area contributed by atoms with Crippen molar-refractivity contribution in [1.82, 2.24) is 10.6 Å². The third kappa shape index (κ3) is 8.02. The van der Waals surface area contributed by atoms with Gasteiger partial charge in [0.15, 0.2) is 5.96 Å². The van der Waals surface area contributed by atoms with Crippen LogP contribution in [0.25, 0.3) is 0 Å². The third-order valence-electron chi connectivity index (χ3n) is 3.48. The molecule has 1 amide bonds. The molecule has 6 heteroatoms. The van der Waals surface area contributed by atoms with Gasteiger partial charge in [0.25, 0.3) is 0 Å². The van der Waals surface area contributed by atoms with Gasteiger partial charge in [-0.05, 0) is 29.7 Å². The van der Waals surface area contributed by atoms with Gasteiger partial charge in [0.2, 0.25) is 5.91 Å². The lowest BCUT2D eigenvalue weighted by Crippen LogP contribution is -2.37. The zero-order chi connectivity index (χ0) is 17.2. The number of amides is 1. The van der Waals surface area contributed by atoms with Crippen molar-refractivity contribution in [2.24, 2.45) is 4.99 Å². The van der Waals surface area contributed by atoms with Crippen molar-refractivity contribution < 1.29 is 4.79 Å².